The molecule has 0 spiro atoms. The first kappa shape index (κ1) is 36.1. The summed E-state index contributed by atoms with van der Waals surface area (Å²) < 4.78 is 0. The Labute approximate surface area is 297 Å². The van der Waals surface area contributed by atoms with Crippen molar-refractivity contribution in [3.05, 3.63) is 217 Å². The van der Waals surface area contributed by atoms with E-state index in [1.165, 1.54) is 43.0 Å². The normalized spacial score (nSPS) is 9.43. The molecule has 222 valence electrons. The minimum absolute atomic E-state index is 0. The Hall–Kier alpha value is -4.36. The summed E-state index contributed by atoms with van der Waals surface area (Å²) in [6, 6.07) is 71.8. The van der Waals surface area contributed by atoms with Gasteiger partial charge in [-0.1, -0.05) is 97.0 Å². The Morgan fingerprint density at radius 2 is 0.739 bits per heavy atom. The zero-order valence-corrected chi connectivity index (χ0v) is 29.9. The van der Waals surface area contributed by atoms with E-state index in [9.17, 15) is 0 Å². The van der Waals surface area contributed by atoms with Crippen LogP contribution in [0.15, 0.2) is 194 Å². The second-order valence-electron chi connectivity index (χ2n) is 10.3. The molecule has 0 aliphatic heterocycles. The number of rotatable bonds is 2. The molecule has 0 saturated carbocycles. The monoisotopic (exact) mass is 684 g/mol. The predicted molar refractivity (Wildman–Crippen MR) is 197 cm³/mol. The average molecular weight is 686 g/mol. The second kappa shape index (κ2) is 21.4. The van der Waals surface area contributed by atoms with Gasteiger partial charge in [0.25, 0.3) is 0 Å². The standard InChI is InChI=1S/C12H10Si.2C10H9.2C6H5.Zr/c1-3-7-11(8-4-1)13-12-9-5-2-6-10-12;2*1-8-6-9-4-2-3-5-10(9)7-8;2*1-2-4-6-5-3-1;/h1-10H;2*2-7H,1H3;2*1-5H;/q;4*-1;+4. The van der Waals surface area contributed by atoms with Gasteiger partial charge in [0, 0.05) is 0 Å². The number of benzene rings is 6. The van der Waals surface area contributed by atoms with E-state index >= 15 is 0 Å². The molecule has 8 aromatic carbocycles. The molecule has 0 atom stereocenters. The molecule has 0 heterocycles. The molecular weight excluding hydrogens is 648 g/mol. The van der Waals surface area contributed by atoms with Gasteiger partial charge in [-0.15, -0.1) is 81.2 Å². The van der Waals surface area contributed by atoms with Gasteiger partial charge in [-0.2, -0.15) is 84.9 Å². The van der Waals surface area contributed by atoms with Crippen LogP contribution in [0.4, 0.5) is 0 Å². The van der Waals surface area contributed by atoms with E-state index in [0.29, 0.717) is 0 Å². The zero-order chi connectivity index (χ0) is 31.4. The van der Waals surface area contributed by atoms with Crippen LogP contribution in [0.3, 0.4) is 0 Å². The van der Waals surface area contributed by atoms with Crippen molar-refractivity contribution in [2.45, 2.75) is 13.8 Å². The van der Waals surface area contributed by atoms with Crippen molar-refractivity contribution in [2.75, 3.05) is 0 Å². The van der Waals surface area contributed by atoms with Crippen LogP contribution < -0.4 is 10.4 Å². The van der Waals surface area contributed by atoms with Crippen molar-refractivity contribution >= 4 is 41.4 Å². The molecule has 8 rings (SSSR count). The molecule has 2 heteroatoms. The van der Waals surface area contributed by atoms with E-state index in [1.54, 1.807) is 0 Å². The predicted octanol–water partition coefficient (Wildman–Crippen LogP) is 10.0. The average Bonchev–Trinajstić information content (AvgIpc) is 3.69. The number of hydrogen-bond acceptors (Lipinski definition) is 0. The van der Waals surface area contributed by atoms with E-state index in [-0.39, 0.29) is 26.2 Å². The van der Waals surface area contributed by atoms with Crippen molar-refractivity contribution in [1.29, 1.82) is 0 Å². The SMILES string of the molecule is Cc1cc2ccccc2[cH-]1.Cc1cc2ccccc2[cH-]1.[Zr+4].[c-]1ccccc1.[c-]1ccccc1.c1ccc([Si]c2ccccc2)cc1. The van der Waals surface area contributed by atoms with Crippen molar-refractivity contribution < 1.29 is 26.2 Å². The Kier molecular flexibility index (Phi) is 16.8. The summed E-state index contributed by atoms with van der Waals surface area (Å²) in [4.78, 5) is 0. The van der Waals surface area contributed by atoms with Gasteiger partial charge in [-0.25, -0.2) is 0 Å². The summed E-state index contributed by atoms with van der Waals surface area (Å²) >= 11 is 0. The maximum absolute atomic E-state index is 2.89. The van der Waals surface area contributed by atoms with Crippen LogP contribution in [-0.2, 0) is 26.2 Å². The number of hydrogen-bond donors (Lipinski definition) is 0. The van der Waals surface area contributed by atoms with Crippen LogP contribution in [-0.4, -0.2) is 9.52 Å². The number of fused-ring (bicyclic) bond motifs is 2. The molecule has 8 aromatic rings. The van der Waals surface area contributed by atoms with E-state index in [1.807, 2.05) is 60.7 Å². The molecule has 0 amide bonds. The quantitative estimate of drug-likeness (QED) is 0.126. The number of aryl methyl sites for hydroxylation is 2. The van der Waals surface area contributed by atoms with Gasteiger partial charge >= 0.3 is 26.2 Å². The molecular formula is C44H38SiZr. The Bertz CT molecular complexity index is 1610. The third-order valence-electron chi connectivity index (χ3n) is 6.58. The molecule has 0 aliphatic rings. The van der Waals surface area contributed by atoms with Crippen LogP contribution in [0.2, 0.25) is 0 Å². The van der Waals surface area contributed by atoms with Gasteiger partial charge in [0.2, 0.25) is 0 Å². The van der Waals surface area contributed by atoms with Gasteiger partial charge in [0.15, 0.2) is 0 Å². The first-order valence-corrected chi connectivity index (χ1v) is 16.1. The van der Waals surface area contributed by atoms with Crippen LogP contribution in [0.25, 0.3) is 21.5 Å². The Morgan fingerprint density at radius 1 is 0.413 bits per heavy atom. The minimum Gasteiger partial charge on any atom is -0.184 e. The van der Waals surface area contributed by atoms with E-state index in [4.69, 9.17) is 0 Å². The van der Waals surface area contributed by atoms with Crippen LogP contribution in [0.1, 0.15) is 11.1 Å². The van der Waals surface area contributed by atoms with Gasteiger partial charge in [0.1, 0.15) is 9.52 Å². The van der Waals surface area contributed by atoms with E-state index < -0.39 is 0 Å². The molecule has 2 radical (unpaired) electrons. The Balaban J connectivity index is 0.000000160. The van der Waals surface area contributed by atoms with Crippen LogP contribution in [0, 0.1) is 26.0 Å². The summed E-state index contributed by atoms with van der Waals surface area (Å²) in [5.74, 6) is 0. The minimum atomic E-state index is 0. The van der Waals surface area contributed by atoms with Gasteiger partial charge in [-0.3, -0.25) is 0 Å². The fraction of sp³-hybridized carbons (Fsp3) is 0.0455. The fourth-order valence-corrected chi connectivity index (χ4v) is 5.56. The van der Waals surface area contributed by atoms with Gasteiger partial charge in [-0.05, 0) is 0 Å². The first-order valence-electron chi connectivity index (χ1n) is 15.1. The molecule has 0 N–H and O–H groups in total. The summed E-state index contributed by atoms with van der Waals surface area (Å²) in [5, 5.41) is 8.18. The molecule has 0 nitrogen and oxygen atoms in total. The third kappa shape index (κ3) is 13.7. The van der Waals surface area contributed by atoms with Crippen molar-refractivity contribution in [3.8, 4) is 0 Å². The smallest absolute Gasteiger partial charge is 0.184 e. The maximum Gasteiger partial charge on any atom is 4.00 e. The molecule has 0 fully saturated rings. The van der Waals surface area contributed by atoms with Crippen molar-refractivity contribution in [2.24, 2.45) is 0 Å². The van der Waals surface area contributed by atoms with Crippen LogP contribution in [0.5, 0.6) is 0 Å². The van der Waals surface area contributed by atoms with Gasteiger partial charge in [0.05, 0.1) is 0 Å². The third-order valence-corrected chi connectivity index (χ3v) is 7.82. The zero-order valence-electron chi connectivity index (χ0n) is 26.5. The Morgan fingerprint density at radius 3 is 1.04 bits per heavy atom. The van der Waals surface area contributed by atoms with Gasteiger partial charge < -0.3 is 0 Å². The molecule has 0 aliphatic carbocycles. The first-order chi connectivity index (χ1) is 22.2. The van der Waals surface area contributed by atoms with Crippen molar-refractivity contribution in [3.63, 3.8) is 0 Å². The van der Waals surface area contributed by atoms with E-state index in [2.05, 4.69) is 159 Å². The largest absolute Gasteiger partial charge is 4.00 e. The second-order valence-corrected chi connectivity index (χ2v) is 11.7. The molecule has 0 saturated heterocycles. The molecule has 0 unspecified atom stereocenters. The summed E-state index contributed by atoms with van der Waals surface area (Å²) in [5.41, 5.74) is 2.70. The van der Waals surface area contributed by atoms with Crippen molar-refractivity contribution in [1.82, 2.24) is 0 Å². The fourth-order valence-electron chi connectivity index (χ4n) is 4.51. The summed E-state index contributed by atoms with van der Waals surface area (Å²) in [6.07, 6.45) is 0. The van der Waals surface area contributed by atoms with Crippen LogP contribution >= 0.6 is 0 Å². The maximum atomic E-state index is 2.89. The van der Waals surface area contributed by atoms with E-state index in [0.717, 1.165) is 9.52 Å². The topological polar surface area (TPSA) is 0 Å². The molecule has 46 heavy (non-hydrogen) atoms. The molecule has 0 bridgehead atoms. The summed E-state index contributed by atoms with van der Waals surface area (Å²) in [7, 11) is 0.777. The molecule has 0 aromatic heterocycles. The summed E-state index contributed by atoms with van der Waals surface area (Å²) in [6.45, 7) is 4.25.